The molecule has 0 amide bonds. The van der Waals surface area contributed by atoms with Crippen LogP contribution in [0, 0.1) is 12.3 Å². The van der Waals surface area contributed by atoms with Gasteiger partial charge >= 0.3 is 0 Å². The molecule has 1 aromatic heterocycles. The first-order chi connectivity index (χ1) is 5.24. The van der Waals surface area contributed by atoms with E-state index >= 15 is 0 Å². The molecular weight excluding hydrogens is 160 g/mol. The molecular formula is C7H6N2OS. The number of nitrogens with zero attached hydrogens (tertiary/aromatic N) is 1. The van der Waals surface area contributed by atoms with E-state index in [1.54, 1.807) is 5.38 Å². The number of aromatic nitrogens is 1. The minimum absolute atomic E-state index is 0.0865. The summed E-state index contributed by atoms with van der Waals surface area (Å²) in [6.07, 6.45) is 5.03. The van der Waals surface area contributed by atoms with E-state index in [0.29, 0.717) is 10.8 Å². The number of rotatable bonds is 2. The Balaban J connectivity index is 2.78. The zero-order chi connectivity index (χ0) is 8.27. The Kier molecular flexibility index (Phi) is 2.24. The number of carbonyl (C=O) groups excluding carboxylic acids is 1. The molecule has 1 heterocycles. The molecule has 1 rings (SSSR count). The highest BCUT2D eigenvalue weighted by Crippen LogP contribution is 2.12. The van der Waals surface area contributed by atoms with Crippen LogP contribution in [0.2, 0.25) is 0 Å². The van der Waals surface area contributed by atoms with Crippen molar-refractivity contribution in [1.29, 1.82) is 0 Å². The highest BCUT2D eigenvalue weighted by atomic mass is 32.1. The molecule has 0 radical (unpaired) electrons. The van der Waals surface area contributed by atoms with Crippen LogP contribution in [-0.2, 0) is 0 Å². The first-order valence-electron chi connectivity index (χ1n) is 2.91. The van der Waals surface area contributed by atoms with E-state index in [1.165, 1.54) is 11.3 Å². The second-order valence-electron chi connectivity index (χ2n) is 1.88. The summed E-state index contributed by atoms with van der Waals surface area (Å²) in [5, 5.41) is 2.00. The van der Waals surface area contributed by atoms with Gasteiger partial charge in [-0.15, -0.1) is 17.8 Å². The second-order valence-corrected chi connectivity index (χ2v) is 2.76. The normalized spacial score (nSPS) is 9.00. The molecule has 0 aromatic carbocycles. The van der Waals surface area contributed by atoms with E-state index in [2.05, 4.69) is 10.9 Å². The average Bonchev–Trinajstić information content (AvgIpc) is 2.36. The highest BCUT2D eigenvalue weighted by molar-refractivity contribution is 7.13. The zero-order valence-corrected chi connectivity index (χ0v) is 6.52. The quantitative estimate of drug-likeness (QED) is 0.525. The smallest absolute Gasteiger partial charge is 0.193 e. The van der Waals surface area contributed by atoms with Crippen molar-refractivity contribution in [2.45, 2.75) is 6.42 Å². The van der Waals surface area contributed by atoms with Crippen molar-refractivity contribution in [1.82, 2.24) is 4.98 Å². The van der Waals surface area contributed by atoms with Crippen LogP contribution in [-0.4, -0.2) is 10.8 Å². The Labute approximate surface area is 68.3 Å². The van der Waals surface area contributed by atoms with Gasteiger partial charge in [0.2, 0.25) is 0 Å². The maximum Gasteiger partial charge on any atom is 0.193 e. The number of nitrogens with two attached hydrogens (primary N) is 1. The topological polar surface area (TPSA) is 56.0 Å². The molecule has 11 heavy (non-hydrogen) atoms. The summed E-state index contributed by atoms with van der Waals surface area (Å²) >= 11 is 1.24. The van der Waals surface area contributed by atoms with Crippen LogP contribution in [0.5, 0.6) is 0 Å². The molecule has 4 heteroatoms. The van der Waals surface area contributed by atoms with Crippen LogP contribution in [0.25, 0.3) is 0 Å². The SMILES string of the molecule is C#CCC(=O)c1csc(N)n1. The summed E-state index contributed by atoms with van der Waals surface area (Å²) in [6, 6.07) is 0. The van der Waals surface area contributed by atoms with Crippen molar-refractivity contribution >= 4 is 22.3 Å². The zero-order valence-electron chi connectivity index (χ0n) is 5.70. The number of Topliss-reactive ketones (excluding diaryl/α,β-unsaturated/α-hetero) is 1. The average molecular weight is 166 g/mol. The second kappa shape index (κ2) is 3.17. The molecule has 0 fully saturated rings. The lowest BCUT2D eigenvalue weighted by Gasteiger charge is -1.86. The lowest BCUT2D eigenvalue weighted by molar-refractivity contribution is 0.0994. The molecule has 0 aliphatic rings. The Morgan fingerprint density at radius 1 is 1.91 bits per heavy atom. The number of thiazole rings is 1. The molecule has 2 N–H and O–H groups in total. The summed E-state index contributed by atoms with van der Waals surface area (Å²) in [6.45, 7) is 0. The fourth-order valence-electron chi connectivity index (χ4n) is 0.599. The van der Waals surface area contributed by atoms with Gasteiger partial charge < -0.3 is 5.73 Å². The van der Waals surface area contributed by atoms with Gasteiger partial charge in [0.1, 0.15) is 5.69 Å². The number of terminal acetylenes is 1. The first kappa shape index (κ1) is 7.76. The lowest BCUT2D eigenvalue weighted by atomic mass is 10.2. The van der Waals surface area contributed by atoms with E-state index in [9.17, 15) is 4.79 Å². The minimum atomic E-state index is -0.152. The van der Waals surface area contributed by atoms with Gasteiger partial charge in [-0.25, -0.2) is 4.98 Å². The summed E-state index contributed by atoms with van der Waals surface area (Å²) in [5.41, 5.74) is 5.68. The Morgan fingerprint density at radius 3 is 3.09 bits per heavy atom. The maximum atomic E-state index is 11.0. The molecule has 1 aromatic rings. The molecule has 0 atom stereocenters. The van der Waals surface area contributed by atoms with Gasteiger partial charge in [0.05, 0.1) is 6.42 Å². The third kappa shape index (κ3) is 1.79. The van der Waals surface area contributed by atoms with E-state index < -0.39 is 0 Å². The monoisotopic (exact) mass is 166 g/mol. The molecule has 56 valence electrons. The largest absolute Gasteiger partial charge is 0.375 e. The molecule has 0 aliphatic carbocycles. The van der Waals surface area contributed by atoms with Crippen LogP contribution >= 0.6 is 11.3 Å². The summed E-state index contributed by atoms with van der Waals surface area (Å²) < 4.78 is 0. The Bertz CT molecular complexity index is 310. The summed E-state index contributed by atoms with van der Waals surface area (Å²) in [5.74, 6) is 2.10. The molecule has 0 spiro atoms. The number of ketones is 1. The van der Waals surface area contributed by atoms with E-state index in [1.807, 2.05) is 0 Å². The van der Waals surface area contributed by atoms with E-state index in [4.69, 9.17) is 12.2 Å². The fourth-order valence-corrected chi connectivity index (χ4v) is 1.17. The number of carbonyl (C=O) groups is 1. The van der Waals surface area contributed by atoms with E-state index in [-0.39, 0.29) is 12.2 Å². The standard InChI is InChI=1S/C7H6N2OS/c1-2-3-6(10)5-4-11-7(8)9-5/h1,4H,3H2,(H2,8,9). The number of anilines is 1. The molecule has 0 bridgehead atoms. The van der Waals surface area contributed by atoms with Gasteiger partial charge in [-0.05, 0) is 0 Å². The van der Waals surface area contributed by atoms with Crippen LogP contribution in [0.1, 0.15) is 16.9 Å². The van der Waals surface area contributed by atoms with E-state index in [0.717, 1.165) is 0 Å². The maximum absolute atomic E-state index is 11.0. The van der Waals surface area contributed by atoms with Crippen molar-refractivity contribution in [3.63, 3.8) is 0 Å². The predicted molar refractivity (Wildman–Crippen MR) is 44.3 cm³/mol. The van der Waals surface area contributed by atoms with Gasteiger partial charge in [-0.3, -0.25) is 4.79 Å². The van der Waals surface area contributed by atoms with Gasteiger partial charge in [0.15, 0.2) is 10.9 Å². The molecule has 0 unspecified atom stereocenters. The number of hydrogen-bond donors (Lipinski definition) is 1. The lowest BCUT2D eigenvalue weighted by Crippen LogP contribution is -1.97. The van der Waals surface area contributed by atoms with Crippen LogP contribution in [0.3, 0.4) is 0 Å². The molecule has 0 saturated carbocycles. The third-order valence-corrected chi connectivity index (χ3v) is 1.74. The van der Waals surface area contributed by atoms with Crippen molar-refractivity contribution in [3.8, 4) is 12.3 Å². The molecule has 0 aliphatic heterocycles. The summed E-state index contributed by atoms with van der Waals surface area (Å²) in [4.78, 5) is 14.8. The van der Waals surface area contributed by atoms with Crippen molar-refractivity contribution in [2.75, 3.05) is 5.73 Å². The number of nitrogen functional groups attached to an aromatic ring is 1. The Hall–Kier alpha value is -1.34. The van der Waals surface area contributed by atoms with Gasteiger partial charge in [-0.1, -0.05) is 5.92 Å². The number of hydrogen-bond acceptors (Lipinski definition) is 4. The van der Waals surface area contributed by atoms with Crippen molar-refractivity contribution < 1.29 is 4.79 Å². The van der Waals surface area contributed by atoms with Gasteiger partial charge in [0.25, 0.3) is 0 Å². The minimum Gasteiger partial charge on any atom is -0.375 e. The van der Waals surface area contributed by atoms with Gasteiger partial charge in [0, 0.05) is 5.38 Å². The molecule has 0 saturated heterocycles. The highest BCUT2D eigenvalue weighted by Gasteiger charge is 2.06. The first-order valence-corrected chi connectivity index (χ1v) is 3.79. The van der Waals surface area contributed by atoms with Crippen molar-refractivity contribution in [2.24, 2.45) is 0 Å². The van der Waals surface area contributed by atoms with Crippen LogP contribution in [0.4, 0.5) is 5.13 Å². The van der Waals surface area contributed by atoms with Gasteiger partial charge in [-0.2, -0.15) is 0 Å². The van der Waals surface area contributed by atoms with Crippen LogP contribution in [0.15, 0.2) is 5.38 Å². The fraction of sp³-hybridized carbons (Fsp3) is 0.143. The third-order valence-electron chi connectivity index (χ3n) is 1.07. The Morgan fingerprint density at radius 2 is 2.64 bits per heavy atom. The predicted octanol–water partition coefficient (Wildman–Crippen LogP) is 0.931. The van der Waals surface area contributed by atoms with Crippen molar-refractivity contribution in [3.05, 3.63) is 11.1 Å². The molecule has 3 nitrogen and oxygen atoms in total. The summed E-state index contributed by atoms with van der Waals surface area (Å²) in [7, 11) is 0. The van der Waals surface area contributed by atoms with Crippen LogP contribution < -0.4 is 5.73 Å².